The zero-order valence-electron chi connectivity index (χ0n) is 7.09. The first-order chi connectivity index (χ1) is 6.22. The molecule has 0 fully saturated rings. The first kappa shape index (κ1) is 9.43. The van der Waals surface area contributed by atoms with Crippen LogP contribution in [-0.4, -0.2) is 5.78 Å². The number of carbonyl (C=O) groups is 1. The molecule has 0 amide bonds. The van der Waals surface area contributed by atoms with E-state index in [0.717, 1.165) is 5.56 Å². The largest absolute Gasteiger partial charge is 0.294 e. The van der Waals surface area contributed by atoms with E-state index in [1.54, 1.807) is 12.1 Å². The Balaban J connectivity index is 2.69. The van der Waals surface area contributed by atoms with Crippen LogP contribution in [0.2, 0.25) is 0 Å². The summed E-state index contributed by atoms with van der Waals surface area (Å²) in [6.45, 7) is 3.30. The third kappa shape index (κ3) is 3.06. The molecule has 0 aliphatic heterocycles. The average molecular weight is 176 g/mol. The molecule has 0 spiro atoms. The number of benzene rings is 1. The van der Waals surface area contributed by atoms with E-state index < -0.39 is 0 Å². The normalized spacial score (nSPS) is 9.00. The van der Waals surface area contributed by atoms with Crippen LogP contribution in [0.15, 0.2) is 42.7 Å². The Kier molecular flexibility index (Phi) is 3.18. The van der Waals surface area contributed by atoms with Crippen LogP contribution >= 0.6 is 0 Å². The second-order valence-corrected chi connectivity index (χ2v) is 2.62. The number of carbonyl (C=O) groups excluding carboxylic acids is 1. The van der Waals surface area contributed by atoms with Gasteiger partial charge in [-0.15, -0.1) is 5.73 Å². The van der Waals surface area contributed by atoms with Gasteiger partial charge < -0.3 is 0 Å². The van der Waals surface area contributed by atoms with Gasteiger partial charge in [0, 0.05) is 12.5 Å². The van der Waals surface area contributed by atoms with Gasteiger partial charge in [-0.1, -0.05) is 18.7 Å². The topological polar surface area (TPSA) is 17.1 Å². The molecule has 0 aliphatic carbocycles. The van der Waals surface area contributed by atoms with Gasteiger partial charge in [-0.2, -0.15) is 0 Å². The third-order valence-corrected chi connectivity index (χ3v) is 1.55. The molecule has 0 unspecified atom stereocenters. The minimum absolute atomic E-state index is 0.0818. The van der Waals surface area contributed by atoms with E-state index >= 15 is 0 Å². The summed E-state index contributed by atoms with van der Waals surface area (Å²) >= 11 is 0. The average Bonchev–Trinajstić information content (AvgIpc) is 2.09. The maximum atomic E-state index is 12.5. The fourth-order valence-electron chi connectivity index (χ4n) is 0.968. The van der Waals surface area contributed by atoms with E-state index in [0.29, 0.717) is 0 Å². The van der Waals surface area contributed by atoms with Crippen molar-refractivity contribution in [3.8, 4) is 0 Å². The summed E-state index contributed by atoms with van der Waals surface area (Å²) in [5, 5.41) is 0. The standard InChI is InChI=1S/C11H9FO/c1-2-3-11(13)8-9-4-6-10(12)7-5-9/h3-7H,1,8H2. The molecular formula is C11H9FO. The number of hydrogen-bond acceptors (Lipinski definition) is 1. The zero-order chi connectivity index (χ0) is 9.68. The van der Waals surface area contributed by atoms with Crippen molar-refractivity contribution >= 4 is 5.78 Å². The Morgan fingerprint density at radius 3 is 2.62 bits per heavy atom. The van der Waals surface area contributed by atoms with Crippen molar-refractivity contribution in [2.24, 2.45) is 0 Å². The van der Waals surface area contributed by atoms with E-state index in [1.165, 1.54) is 18.2 Å². The highest BCUT2D eigenvalue weighted by Crippen LogP contribution is 2.03. The molecule has 0 bridgehead atoms. The minimum atomic E-state index is -0.296. The van der Waals surface area contributed by atoms with E-state index in [1.807, 2.05) is 0 Å². The highest BCUT2D eigenvalue weighted by molar-refractivity contribution is 5.91. The lowest BCUT2D eigenvalue weighted by molar-refractivity contribution is -0.114. The Labute approximate surface area is 76.2 Å². The van der Waals surface area contributed by atoms with Gasteiger partial charge in [0.05, 0.1) is 0 Å². The second kappa shape index (κ2) is 4.39. The Morgan fingerprint density at radius 2 is 2.08 bits per heavy atom. The van der Waals surface area contributed by atoms with Crippen molar-refractivity contribution in [2.45, 2.75) is 6.42 Å². The highest BCUT2D eigenvalue weighted by Gasteiger charge is 1.98. The van der Waals surface area contributed by atoms with E-state index in [9.17, 15) is 9.18 Å². The number of ketones is 1. The highest BCUT2D eigenvalue weighted by atomic mass is 19.1. The summed E-state index contributed by atoms with van der Waals surface area (Å²) in [6, 6.07) is 5.84. The molecule has 0 saturated carbocycles. The molecule has 13 heavy (non-hydrogen) atoms. The second-order valence-electron chi connectivity index (χ2n) is 2.62. The summed E-state index contributed by atoms with van der Waals surface area (Å²) in [5.74, 6) is -0.378. The van der Waals surface area contributed by atoms with E-state index in [4.69, 9.17) is 0 Å². The maximum absolute atomic E-state index is 12.5. The summed E-state index contributed by atoms with van der Waals surface area (Å²) in [5.41, 5.74) is 3.19. The number of allylic oxidation sites excluding steroid dienone is 1. The van der Waals surface area contributed by atoms with Crippen molar-refractivity contribution in [1.29, 1.82) is 0 Å². The predicted molar refractivity (Wildman–Crippen MR) is 48.8 cm³/mol. The third-order valence-electron chi connectivity index (χ3n) is 1.55. The van der Waals surface area contributed by atoms with Crippen molar-refractivity contribution in [3.63, 3.8) is 0 Å². The lowest BCUT2D eigenvalue weighted by atomic mass is 10.1. The first-order valence-corrected chi connectivity index (χ1v) is 3.85. The van der Waals surface area contributed by atoms with Crippen LogP contribution in [0.3, 0.4) is 0 Å². The van der Waals surface area contributed by atoms with Gasteiger partial charge in [-0.25, -0.2) is 4.39 Å². The van der Waals surface area contributed by atoms with Gasteiger partial charge in [-0.05, 0) is 17.7 Å². The maximum Gasteiger partial charge on any atom is 0.167 e. The summed E-state index contributed by atoms with van der Waals surface area (Å²) in [4.78, 5) is 11.0. The molecule has 1 rings (SSSR count). The van der Waals surface area contributed by atoms with Crippen molar-refractivity contribution in [3.05, 3.63) is 54.0 Å². The lowest BCUT2D eigenvalue weighted by Gasteiger charge is -1.95. The van der Waals surface area contributed by atoms with Crippen molar-refractivity contribution < 1.29 is 9.18 Å². The molecule has 1 aromatic carbocycles. The lowest BCUT2D eigenvalue weighted by Crippen LogP contribution is -1.97. The van der Waals surface area contributed by atoms with Gasteiger partial charge in [-0.3, -0.25) is 4.79 Å². The molecule has 0 saturated heterocycles. The fourth-order valence-corrected chi connectivity index (χ4v) is 0.968. The number of rotatable bonds is 3. The monoisotopic (exact) mass is 176 g/mol. The Morgan fingerprint density at radius 1 is 1.46 bits per heavy atom. The van der Waals surface area contributed by atoms with Crippen LogP contribution in [0.4, 0.5) is 4.39 Å². The fraction of sp³-hybridized carbons (Fsp3) is 0.0909. The van der Waals surface area contributed by atoms with Gasteiger partial charge >= 0.3 is 0 Å². The summed E-state index contributed by atoms with van der Waals surface area (Å²) in [7, 11) is 0. The summed E-state index contributed by atoms with van der Waals surface area (Å²) < 4.78 is 12.5. The molecule has 2 heteroatoms. The number of halogens is 1. The molecule has 0 radical (unpaired) electrons. The van der Waals surface area contributed by atoms with Gasteiger partial charge in [0.25, 0.3) is 0 Å². The number of hydrogen-bond donors (Lipinski definition) is 0. The molecule has 0 N–H and O–H groups in total. The molecule has 1 nitrogen and oxygen atoms in total. The molecule has 0 atom stereocenters. The molecule has 0 aliphatic rings. The van der Waals surface area contributed by atoms with Crippen molar-refractivity contribution in [2.75, 3.05) is 0 Å². The van der Waals surface area contributed by atoms with Crippen LogP contribution in [0.1, 0.15) is 5.56 Å². The molecular weight excluding hydrogens is 167 g/mol. The SMILES string of the molecule is C=C=CC(=O)Cc1ccc(F)cc1. The van der Waals surface area contributed by atoms with Crippen LogP contribution in [0.25, 0.3) is 0 Å². The molecule has 1 aromatic rings. The molecule has 0 heterocycles. The van der Waals surface area contributed by atoms with Crippen LogP contribution in [0.5, 0.6) is 0 Å². The Bertz CT molecular complexity index is 345. The van der Waals surface area contributed by atoms with E-state index in [-0.39, 0.29) is 18.0 Å². The summed E-state index contributed by atoms with van der Waals surface area (Å²) in [6.07, 6.45) is 1.55. The predicted octanol–water partition coefficient (Wildman–Crippen LogP) is 2.28. The van der Waals surface area contributed by atoms with E-state index in [2.05, 4.69) is 12.3 Å². The minimum Gasteiger partial charge on any atom is -0.294 e. The van der Waals surface area contributed by atoms with Crippen LogP contribution in [-0.2, 0) is 11.2 Å². The van der Waals surface area contributed by atoms with Crippen LogP contribution < -0.4 is 0 Å². The van der Waals surface area contributed by atoms with Gasteiger partial charge in [0.15, 0.2) is 5.78 Å². The van der Waals surface area contributed by atoms with Crippen molar-refractivity contribution in [1.82, 2.24) is 0 Å². The Hall–Kier alpha value is -1.66. The first-order valence-electron chi connectivity index (χ1n) is 3.85. The van der Waals surface area contributed by atoms with Crippen LogP contribution in [0, 0.1) is 5.82 Å². The smallest absolute Gasteiger partial charge is 0.167 e. The van der Waals surface area contributed by atoms with Gasteiger partial charge in [0.1, 0.15) is 5.82 Å². The van der Waals surface area contributed by atoms with Gasteiger partial charge in [0.2, 0.25) is 0 Å². The molecule has 0 aromatic heterocycles. The zero-order valence-corrected chi connectivity index (χ0v) is 7.09. The molecule has 66 valence electrons. The quantitative estimate of drug-likeness (QED) is 0.510.